The van der Waals surface area contributed by atoms with Gasteiger partial charge in [-0.15, -0.1) is 0 Å². The zero-order valence-corrected chi connectivity index (χ0v) is 12.9. The topological polar surface area (TPSA) is 33.7 Å². The molecule has 0 amide bonds. The Morgan fingerprint density at radius 3 is 2.58 bits per heavy atom. The van der Waals surface area contributed by atoms with E-state index in [1.54, 1.807) is 0 Å². The minimum absolute atomic E-state index is 0.582. The molecule has 0 aromatic heterocycles. The summed E-state index contributed by atoms with van der Waals surface area (Å²) in [7, 11) is 5.91. The summed E-state index contributed by atoms with van der Waals surface area (Å²) in [5.74, 6) is 1.34. The van der Waals surface area contributed by atoms with Gasteiger partial charge in [0.15, 0.2) is 11.5 Å². The maximum absolute atomic E-state index is 6.27. The standard InChI is InChI=1S/C14H23ClN2O2/c1-5-18-13-9-11(10-16-2)8-12(15)14(13)19-7-6-17(3)4/h8-9,16H,5-7,10H2,1-4H3. The lowest BCUT2D eigenvalue weighted by Gasteiger charge is -2.16. The Morgan fingerprint density at radius 1 is 1.26 bits per heavy atom. The highest BCUT2D eigenvalue weighted by Gasteiger charge is 2.12. The molecule has 0 saturated carbocycles. The molecule has 108 valence electrons. The molecule has 0 fully saturated rings. The second-order valence-corrected chi connectivity index (χ2v) is 4.93. The van der Waals surface area contributed by atoms with Crippen LogP contribution in [0.5, 0.6) is 11.5 Å². The Bertz CT molecular complexity index is 397. The van der Waals surface area contributed by atoms with Crippen LogP contribution < -0.4 is 14.8 Å². The molecule has 0 aliphatic carbocycles. The molecule has 0 bridgehead atoms. The van der Waals surface area contributed by atoms with Gasteiger partial charge >= 0.3 is 0 Å². The van der Waals surface area contributed by atoms with Crippen LogP contribution in [0, 0.1) is 0 Å². The van der Waals surface area contributed by atoms with Crippen molar-refractivity contribution in [1.29, 1.82) is 0 Å². The van der Waals surface area contributed by atoms with Crippen LogP contribution in [0.3, 0.4) is 0 Å². The van der Waals surface area contributed by atoms with Crippen LogP contribution in [-0.4, -0.2) is 45.8 Å². The molecule has 19 heavy (non-hydrogen) atoms. The molecule has 0 radical (unpaired) electrons. The van der Waals surface area contributed by atoms with E-state index in [1.807, 2.05) is 40.2 Å². The van der Waals surface area contributed by atoms with Crippen molar-refractivity contribution in [2.45, 2.75) is 13.5 Å². The van der Waals surface area contributed by atoms with Crippen LogP contribution in [0.4, 0.5) is 0 Å². The molecule has 0 aliphatic heterocycles. The van der Waals surface area contributed by atoms with Gasteiger partial charge in [-0.3, -0.25) is 0 Å². The third-order valence-corrected chi connectivity index (χ3v) is 2.82. The molecular weight excluding hydrogens is 264 g/mol. The van der Waals surface area contributed by atoms with Gasteiger partial charge in [-0.2, -0.15) is 0 Å². The van der Waals surface area contributed by atoms with E-state index in [0.717, 1.165) is 18.7 Å². The van der Waals surface area contributed by atoms with E-state index in [2.05, 4.69) is 10.2 Å². The highest BCUT2D eigenvalue weighted by Crippen LogP contribution is 2.36. The number of benzene rings is 1. The summed E-state index contributed by atoms with van der Waals surface area (Å²) in [5.41, 5.74) is 1.08. The van der Waals surface area contributed by atoms with Gasteiger partial charge in [-0.1, -0.05) is 11.6 Å². The molecule has 0 heterocycles. The second-order valence-electron chi connectivity index (χ2n) is 4.52. The lowest BCUT2D eigenvalue weighted by atomic mass is 10.2. The molecule has 0 unspecified atom stereocenters. The van der Waals surface area contributed by atoms with Crippen molar-refractivity contribution < 1.29 is 9.47 Å². The lowest BCUT2D eigenvalue weighted by Crippen LogP contribution is -2.19. The maximum Gasteiger partial charge on any atom is 0.179 e. The molecular formula is C14H23ClN2O2. The van der Waals surface area contributed by atoms with Gasteiger partial charge in [0.25, 0.3) is 0 Å². The van der Waals surface area contributed by atoms with Crippen LogP contribution in [-0.2, 0) is 6.54 Å². The van der Waals surface area contributed by atoms with E-state index < -0.39 is 0 Å². The fourth-order valence-electron chi connectivity index (χ4n) is 1.66. The van der Waals surface area contributed by atoms with Crippen LogP contribution in [0.2, 0.25) is 5.02 Å². The Balaban J connectivity index is 2.87. The number of halogens is 1. The van der Waals surface area contributed by atoms with Crippen LogP contribution in [0.25, 0.3) is 0 Å². The normalized spacial score (nSPS) is 10.8. The summed E-state index contributed by atoms with van der Waals surface area (Å²) in [6.07, 6.45) is 0. The van der Waals surface area contributed by atoms with Crippen molar-refractivity contribution in [2.75, 3.05) is 40.9 Å². The first-order chi connectivity index (χ1) is 9.08. The number of nitrogens with one attached hydrogen (secondary N) is 1. The summed E-state index contributed by atoms with van der Waals surface area (Å²) in [4.78, 5) is 2.06. The van der Waals surface area contributed by atoms with Crippen LogP contribution in [0.15, 0.2) is 12.1 Å². The molecule has 1 rings (SSSR count). The largest absolute Gasteiger partial charge is 0.490 e. The number of rotatable bonds is 8. The highest BCUT2D eigenvalue weighted by molar-refractivity contribution is 6.32. The molecule has 0 spiro atoms. The van der Waals surface area contributed by atoms with Crippen molar-refractivity contribution in [3.8, 4) is 11.5 Å². The Morgan fingerprint density at radius 2 is 2.00 bits per heavy atom. The molecule has 1 aromatic rings. The van der Waals surface area contributed by atoms with Gasteiger partial charge in [-0.25, -0.2) is 0 Å². The van der Waals surface area contributed by atoms with E-state index in [4.69, 9.17) is 21.1 Å². The van der Waals surface area contributed by atoms with Gasteiger partial charge in [0.1, 0.15) is 6.61 Å². The van der Waals surface area contributed by atoms with Gasteiger partial charge in [0, 0.05) is 13.1 Å². The van der Waals surface area contributed by atoms with Crippen molar-refractivity contribution in [1.82, 2.24) is 10.2 Å². The van der Waals surface area contributed by atoms with E-state index in [0.29, 0.717) is 29.7 Å². The molecule has 1 N–H and O–H groups in total. The third-order valence-electron chi connectivity index (χ3n) is 2.53. The fraction of sp³-hybridized carbons (Fsp3) is 0.571. The summed E-state index contributed by atoms with van der Waals surface area (Å²) < 4.78 is 11.4. The molecule has 0 aliphatic rings. The zero-order chi connectivity index (χ0) is 14.3. The summed E-state index contributed by atoms with van der Waals surface area (Å²) >= 11 is 6.27. The summed E-state index contributed by atoms with van der Waals surface area (Å²) in [6, 6.07) is 3.88. The molecule has 5 heteroatoms. The average Bonchev–Trinajstić information content (AvgIpc) is 2.33. The van der Waals surface area contributed by atoms with Gasteiger partial charge < -0.3 is 19.7 Å². The Hall–Kier alpha value is -0.970. The molecule has 1 aromatic carbocycles. The van der Waals surface area contributed by atoms with Crippen molar-refractivity contribution >= 4 is 11.6 Å². The first kappa shape index (κ1) is 16.1. The van der Waals surface area contributed by atoms with E-state index >= 15 is 0 Å². The van der Waals surface area contributed by atoms with Gasteiger partial charge in [-0.05, 0) is 45.8 Å². The minimum atomic E-state index is 0.582. The number of hydrogen-bond donors (Lipinski definition) is 1. The fourth-order valence-corrected chi connectivity index (χ4v) is 1.95. The van der Waals surface area contributed by atoms with Gasteiger partial charge in [0.05, 0.1) is 11.6 Å². The number of ether oxygens (including phenoxy) is 2. The predicted octanol–water partition coefficient (Wildman–Crippen LogP) is 2.40. The van der Waals surface area contributed by atoms with Crippen LogP contribution in [0.1, 0.15) is 12.5 Å². The molecule has 0 atom stereocenters. The first-order valence-electron chi connectivity index (χ1n) is 6.45. The van der Waals surface area contributed by atoms with E-state index in [9.17, 15) is 0 Å². The molecule has 0 saturated heterocycles. The Labute approximate surface area is 120 Å². The zero-order valence-electron chi connectivity index (χ0n) is 12.1. The van der Waals surface area contributed by atoms with Crippen LogP contribution >= 0.6 is 11.6 Å². The SMILES string of the molecule is CCOc1cc(CNC)cc(Cl)c1OCCN(C)C. The minimum Gasteiger partial charge on any atom is -0.490 e. The van der Waals surface area contributed by atoms with Crippen molar-refractivity contribution in [2.24, 2.45) is 0 Å². The smallest absolute Gasteiger partial charge is 0.179 e. The van der Waals surface area contributed by atoms with Crippen molar-refractivity contribution in [3.05, 3.63) is 22.7 Å². The number of likely N-dealkylation sites (N-methyl/N-ethyl adjacent to an activating group) is 1. The summed E-state index contributed by atoms with van der Waals surface area (Å²) in [5, 5.41) is 3.69. The van der Waals surface area contributed by atoms with E-state index in [-0.39, 0.29) is 0 Å². The first-order valence-corrected chi connectivity index (χ1v) is 6.83. The average molecular weight is 287 g/mol. The van der Waals surface area contributed by atoms with Gasteiger partial charge in [0.2, 0.25) is 0 Å². The highest BCUT2D eigenvalue weighted by atomic mass is 35.5. The summed E-state index contributed by atoms with van der Waals surface area (Å²) in [6.45, 7) is 4.70. The number of hydrogen-bond acceptors (Lipinski definition) is 4. The quantitative estimate of drug-likeness (QED) is 0.796. The predicted molar refractivity (Wildman–Crippen MR) is 79.4 cm³/mol. The third kappa shape index (κ3) is 5.27. The Kier molecular flexibility index (Phi) is 6.99. The second kappa shape index (κ2) is 8.25. The molecule has 4 nitrogen and oxygen atoms in total. The lowest BCUT2D eigenvalue weighted by molar-refractivity contribution is 0.244. The van der Waals surface area contributed by atoms with Crippen molar-refractivity contribution in [3.63, 3.8) is 0 Å². The van der Waals surface area contributed by atoms with E-state index in [1.165, 1.54) is 0 Å². The monoisotopic (exact) mass is 286 g/mol. The number of nitrogens with zero attached hydrogens (tertiary/aromatic N) is 1. The maximum atomic E-state index is 6.27.